The molecular weight excluding hydrogens is 1720 g/mol. The van der Waals surface area contributed by atoms with Gasteiger partial charge in [0.15, 0.2) is 28.9 Å². The second-order valence-corrected chi connectivity index (χ2v) is 40.6. The van der Waals surface area contributed by atoms with Crippen LogP contribution in [0.15, 0.2) is 265 Å². The van der Waals surface area contributed by atoms with Gasteiger partial charge in [-0.25, -0.2) is 4.31 Å². The largest absolute Gasteiger partial charge is 0.760 e. The molecule has 0 N–H and O–H groups in total. The van der Waals surface area contributed by atoms with Gasteiger partial charge in [0.25, 0.3) is 0 Å². The molecule has 12 nitrogen and oxygen atoms in total. The van der Waals surface area contributed by atoms with Crippen molar-refractivity contribution in [1.29, 1.82) is 0 Å². The lowest BCUT2D eigenvalue weighted by molar-refractivity contribution is -0.116. The molecule has 5 heterocycles. The Morgan fingerprint density at radius 1 is 0.515 bits per heavy atom. The Morgan fingerprint density at radius 2 is 0.985 bits per heavy atom. The standard InChI is InChI=1S/C14H22O.C14H20O.2C13H16O2.C13H20O.C11H14O.C11H14S.C10H15NO2S.C10H16.C9H14O.2C2H6/c2*1-5-6-7-8-12-11(4)13(10(2)3)9-14(12)15;1-10(2)8-12-5-6-13(15-12)9-11-4-3-7-14-11;1-4-5-10-7-13(15)11(6-9(2)3)8-12(10)14;1-5-6-7-11-10(4)12(9(2)3)8-13(11)14;2*1-4-5-10-6-7-11(12-10)8-9(2)3;1-9(2)11(14(12)13)8-10-6-4-3-5-7-10;1-9(2)8-10-6-4-3-5-7-10;1-8(2)7-9-5-3-4-6-10-9;2*1-2/h6-7,10,13H,5,8-9H2,1-4H3;5-7,10,13H,1,8-9H2,2-4H3;3-7,10H,8-9H2,1-2H3;4,7-9H,1,5-6H2,2-3H3;5-6,9,12H,7-8H2,1-4H3;2*1,6-7,9H,5,8H2,2-3H3;3-7,9H,8H2,1-2H3,(H,12,13);4-7,9-10H,3,8H2,1-2H3;4-6,8H,3,7H2,1-2H3;2*1-2H3/p-1/b2*7-6-;;;6-5-;;;;;;;. The molecule has 14 heteroatoms. The Kier molecular flexibility index (Phi) is 68.5. The first-order chi connectivity index (χ1) is 64.6. The molecule has 11 rings (SSSR count). The van der Waals surface area contributed by atoms with Crippen LogP contribution < -0.4 is 0 Å². The lowest BCUT2D eigenvalue weighted by atomic mass is 9.90. The van der Waals surface area contributed by atoms with Crippen molar-refractivity contribution in [3.05, 3.63) is 296 Å². The average molecular weight is 1900 g/mol. The van der Waals surface area contributed by atoms with Crippen molar-refractivity contribution >= 4 is 51.5 Å². The summed E-state index contributed by atoms with van der Waals surface area (Å²) < 4.78 is 44.9. The normalized spacial score (nSPS) is 16.2. The van der Waals surface area contributed by atoms with Crippen LogP contribution in [0.4, 0.5) is 0 Å². The zero-order valence-electron chi connectivity index (χ0n) is 89.4. The summed E-state index contributed by atoms with van der Waals surface area (Å²) in [6, 6.07) is 25.8. The van der Waals surface area contributed by atoms with E-state index in [-0.39, 0.29) is 17.6 Å². The number of rotatable bonds is 33. The third kappa shape index (κ3) is 54.0. The molecule has 4 atom stereocenters. The zero-order chi connectivity index (χ0) is 103. The van der Waals surface area contributed by atoms with Crippen LogP contribution in [0, 0.1) is 102 Å². The third-order valence-electron chi connectivity index (χ3n) is 22.4. The van der Waals surface area contributed by atoms with E-state index in [0.717, 1.165) is 152 Å². The minimum absolute atomic E-state index is 0.00598. The van der Waals surface area contributed by atoms with Crippen LogP contribution in [0.1, 0.15) is 328 Å². The molecule has 750 valence electrons. The number of ketones is 5. The molecule has 136 heavy (non-hydrogen) atoms. The molecule has 0 radical (unpaired) electrons. The summed E-state index contributed by atoms with van der Waals surface area (Å²) in [6.07, 6.45) is 62.3. The number of furan rings is 3. The predicted molar refractivity (Wildman–Crippen MR) is 581 cm³/mol. The number of allylic oxidation sites excluding steroid dienone is 25. The lowest BCUT2D eigenvalue weighted by Crippen LogP contribution is -2.31. The maximum atomic E-state index is 11.8. The highest BCUT2D eigenvalue weighted by molar-refractivity contribution is 7.76. The van der Waals surface area contributed by atoms with Crippen molar-refractivity contribution in [2.75, 3.05) is 0 Å². The molecule has 0 bridgehead atoms. The van der Waals surface area contributed by atoms with Crippen LogP contribution in [0.3, 0.4) is 0 Å². The summed E-state index contributed by atoms with van der Waals surface area (Å²) in [5.41, 5.74) is 9.27. The number of nitrogens with zero attached hydrogens (tertiary/aromatic N) is 1. The second-order valence-electron chi connectivity index (χ2n) is 38.5. The number of hydrogen-bond donors (Lipinski definition) is 0. The third-order valence-corrected chi connectivity index (χ3v) is 24.5. The van der Waals surface area contributed by atoms with E-state index in [9.17, 15) is 32.7 Å². The van der Waals surface area contributed by atoms with Gasteiger partial charge in [0, 0.05) is 89.7 Å². The van der Waals surface area contributed by atoms with Gasteiger partial charge in [-0.1, -0.05) is 292 Å². The highest BCUT2D eigenvalue weighted by atomic mass is 32.2. The van der Waals surface area contributed by atoms with Crippen molar-refractivity contribution in [1.82, 2.24) is 4.31 Å². The van der Waals surface area contributed by atoms with E-state index in [2.05, 4.69) is 230 Å². The van der Waals surface area contributed by atoms with Gasteiger partial charge in [0.05, 0.1) is 31.1 Å². The minimum Gasteiger partial charge on any atom is -0.760 e. The van der Waals surface area contributed by atoms with Crippen LogP contribution in [-0.2, 0) is 85.0 Å². The summed E-state index contributed by atoms with van der Waals surface area (Å²) in [4.78, 5) is 61.3. The maximum Gasteiger partial charge on any atom is 0.182 e. The number of ether oxygens (including phenoxy) is 1. The van der Waals surface area contributed by atoms with Gasteiger partial charge in [-0.2, -0.15) is 0 Å². The quantitative estimate of drug-likeness (QED) is 0.0128. The first-order valence-electron chi connectivity index (χ1n) is 50.3. The van der Waals surface area contributed by atoms with Crippen molar-refractivity contribution in [3.8, 4) is 24.7 Å². The van der Waals surface area contributed by atoms with Crippen LogP contribution in [0.2, 0.25) is 0 Å². The number of carbonyl (C=O) groups excluding carboxylic acids is 5. The minimum atomic E-state index is -2.15. The van der Waals surface area contributed by atoms with Gasteiger partial charge >= 0.3 is 0 Å². The SMILES string of the molecule is C#CCc1ccc(CC(C)C)o1.C#CCc1ccc(CC(C)C)s1.C/C=C\CC1=C(C)C(C(C)C)CC1=O.C=C/C=C\CC1=C(C)C(C(C)C)CC1=O.C=CCC1=CC(=O)C(CC(C)C)=CC1=O.CC.CC.CC(C)CC1=CCC=CO1.CC(C)CC1C=CCC=C1.CC(C)Cc1ccc(Cc2ccco2)o1.CC(C)N(Cc1ccccc1)S(=O)[O-].CC/C=C\CC1=C(C)C(C(C)C)CC1=O. The molecule has 0 fully saturated rings. The molecule has 5 aromatic rings. The van der Waals surface area contributed by atoms with Crippen LogP contribution in [0.5, 0.6) is 0 Å². The summed E-state index contributed by atoms with van der Waals surface area (Å²) >= 11 is -0.307. The number of carbonyl (C=O) groups is 5. The molecule has 6 aliphatic rings. The van der Waals surface area contributed by atoms with Gasteiger partial charge in [0.2, 0.25) is 0 Å². The first-order valence-corrected chi connectivity index (χ1v) is 52.2. The number of hydrogen-bond acceptors (Lipinski definition) is 12. The molecule has 1 aliphatic heterocycles. The Hall–Kier alpha value is -9.54. The molecule has 5 aliphatic carbocycles. The topological polar surface area (TPSA) is 177 Å². The van der Waals surface area contributed by atoms with Crippen molar-refractivity contribution in [3.63, 3.8) is 0 Å². The number of benzene rings is 1. The fourth-order valence-corrected chi connectivity index (χ4v) is 17.4. The number of thiophene rings is 1. The van der Waals surface area contributed by atoms with E-state index in [4.69, 9.17) is 30.8 Å². The molecule has 1 aromatic carbocycles. The van der Waals surface area contributed by atoms with Crippen LogP contribution in [-0.4, -0.2) is 48.0 Å². The first kappa shape index (κ1) is 126. The van der Waals surface area contributed by atoms with E-state index in [0.29, 0.717) is 126 Å². The van der Waals surface area contributed by atoms with Gasteiger partial charge in [-0.15, -0.1) is 36.7 Å². The monoisotopic (exact) mass is 1900 g/mol. The molecule has 0 saturated carbocycles. The fourth-order valence-electron chi connectivity index (χ4n) is 15.6. The average Bonchev–Trinajstić information content (AvgIpc) is 1.66. The van der Waals surface area contributed by atoms with Crippen LogP contribution in [0.25, 0.3) is 0 Å². The summed E-state index contributed by atoms with van der Waals surface area (Å²) in [5.74, 6) is 20.0. The molecule has 0 amide bonds. The summed E-state index contributed by atoms with van der Waals surface area (Å²) in [6.45, 7) is 69.1. The van der Waals surface area contributed by atoms with Gasteiger partial charge < -0.3 is 22.5 Å². The number of Topliss-reactive ketones (excluding diaryl/α,β-unsaturated/α-hetero) is 3. The Labute approximate surface area is 834 Å². The second kappa shape index (κ2) is 73.6. The van der Waals surface area contributed by atoms with Gasteiger partial charge in [-0.3, -0.25) is 28.2 Å². The van der Waals surface area contributed by atoms with E-state index in [1.54, 1.807) is 24.7 Å². The highest BCUT2D eigenvalue weighted by Crippen LogP contribution is 2.39. The zero-order valence-corrected chi connectivity index (χ0v) is 91.1. The fraction of sp³-hybridized carbons (Fsp3) is 0.516. The summed E-state index contributed by atoms with van der Waals surface area (Å²) in [7, 11) is 0. The molecular formula is C122H178NO11S2-. The van der Waals surface area contributed by atoms with Crippen molar-refractivity contribution < 1.29 is 50.7 Å². The van der Waals surface area contributed by atoms with E-state index >= 15 is 0 Å². The molecule has 4 unspecified atom stereocenters. The van der Waals surface area contributed by atoms with Crippen molar-refractivity contribution in [2.24, 2.45) is 76.9 Å². The smallest absolute Gasteiger partial charge is 0.182 e. The van der Waals surface area contributed by atoms with Crippen LogP contribution >= 0.6 is 11.3 Å². The Balaban J connectivity index is 0.00000149. The van der Waals surface area contributed by atoms with Gasteiger partial charge in [0.1, 0.15) is 28.8 Å². The summed E-state index contributed by atoms with van der Waals surface area (Å²) in [5, 5.41) is 0. The Bertz CT molecular complexity index is 4700. The number of terminal acetylenes is 2. The maximum absolute atomic E-state index is 11.8. The van der Waals surface area contributed by atoms with E-state index in [1.165, 1.54) is 55.8 Å². The molecule has 0 saturated heterocycles. The van der Waals surface area contributed by atoms with Crippen molar-refractivity contribution in [2.45, 2.75) is 335 Å². The van der Waals surface area contributed by atoms with Gasteiger partial charge in [-0.05, 0) is 278 Å². The molecule has 0 spiro atoms. The lowest BCUT2D eigenvalue weighted by Gasteiger charge is -2.27. The van der Waals surface area contributed by atoms with E-state index in [1.807, 2.05) is 159 Å². The Morgan fingerprint density at radius 3 is 1.40 bits per heavy atom. The highest BCUT2D eigenvalue weighted by Gasteiger charge is 2.33. The predicted octanol–water partition coefficient (Wildman–Crippen LogP) is 32.9. The van der Waals surface area contributed by atoms with E-state index < -0.39 is 11.3 Å². The molecule has 4 aromatic heterocycles.